The smallest absolute Gasteiger partial charge is 0.162 e. The second-order valence-corrected chi connectivity index (χ2v) is 6.25. The number of nitrogens with one attached hydrogen (secondary N) is 1. The van der Waals surface area contributed by atoms with Crippen LogP contribution >= 0.6 is 0 Å². The highest BCUT2D eigenvalue weighted by Crippen LogP contribution is 2.41. The second-order valence-electron chi connectivity index (χ2n) is 6.25. The number of hydrogen-bond donors (Lipinski definition) is 1. The van der Waals surface area contributed by atoms with Gasteiger partial charge in [-0.15, -0.1) is 0 Å². The quantitative estimate of drug-likeness (QED) is 0.868. The first kappa shape index (κ1) is 14.9. The fourth-order valence-electron chi connectivity index (χ4n) is 3.75. The molecule has 0 aliphatic carbocycles. The maximum Gasteiger partial charge on any atom is 0.162 e. The lowest BCUT2D eigenvalue weighted by Crippen LogP contribution is -2.42. The highest BCUT2D eigenvalue weighted by atomic mass is 19.2. The molecular formula is C17H23F2NO. The third kappa shape index (κ3) is 3.11. The summed E-state index contributed by atoms with van der Waals surface area (Å²) < 4.78 is 33.2. The maximum absolute atomic E-state index is 13.9. The zero-order valence-electron chi connectivity index (χ0n) is 12.4. The standard InChI is InChI=1S/C17H23F2NO/c1-2-8-20-15(13-10-12-6-7-16(13)21-12)9-11-4-3-5-14(18)17(11)19/h3-5,12-13,15-16,20H,2,6-10H2,1H3. The van der Waals surface area contributed by atoms with Gasteiger partial charge in [0, 0.05) is 12.0 Å². The van der Waals surface area contributed by atoms with Gasteiger partial charge in [0.15, 0.2) is 11.6 Å². The van der Waals surface area contributed by atoms with Gasteiger partial charge in [-0.3, -0.25) is 0 Å². The van der Waals surface area contributed by atoms with E-state index >= 15 is 0 Å². The van der Waals surface area contributed by atoms with Crippen molar-refractivity contribution in [3.63, 3.8) is 0 Å². The summed E-state index contributed by atoms with van der Waals surface area (Å²) in [4.78, 5) is 0. The molecule has 2 nitrogen and oxygen atoms in total. The van der Waals surface area contributed by atoms with Crippen molar-refractivity contribution >= 4 is 0 Å². The van der Waals surface area contributed by atoms with E-state index < -0.39 is 11.6 Å². The van der Waals surface area contributed by atoms with Crippen LogP contribution in [-0.2, 0) is 11.2 Å². The molecule has 4 heteroatoms. The van der Waals surface area contributed by atoms with Gasteiger partial charge in [-0.1, -0.05) is 19.1 Å². The molecule has 2 heterocycles. The van der Waals surface area contributed by atoms with Crippen molar-refractivity contribution < 1.29 is 13.5 Å². The fourth-order valence-corrected chi connectivity index (χ4v) is 3.75. The molecule has 0 radical (unpaired) electrons. The van der Waals surface area contributed by atoms with Crippen molar-refractivity contribution in [2.75, 3.05) is 6.54 Å². The normalized spacial score (nSPS) is 29.0. The van der Waals surface area contributed by atoms with Crippen LogP contribution in [0.2, 0.25) is 0 Å². The molecule has 0 aromatic heterocycles. The molecule has 1 aromatic carbocycles. The van der Waals surface area contributed by atoms with Crippen LogP contribution in [0.3, 0.4) is 0 Å². The van der Waals surface area contributed by atoms with Crippen LogP contribution in [0.5, 0.6) is 0 Å². The molecule has 0 saturated carbocycles. The monoisotopic (exact) mass is 295 g/mol. The molecule has 116 valence electrons. The number of ether oxygens (including phenoxy) is 1. The molecule has 0 amide bonds. The third-order valence-corrected chi connectivity index (χ3v) is 4.80. The maximum atomic E-state index is 13.9. The minimum absolute atomic E-state index is 0.163. The van der Waals surface area contributed by atoms with Gasteiger partial charge < -0.3 is 10.1 Å². The van der Waals surface area contributed by atoms with Gasteiger partial charge in [0.2, 0.25) is 0 Å². The Hall–Kier alpha value is -1.00. The Balaban J connectivity index is 1.74. The topological polar surface area (TPSA) is 21.3 Å². The Labute approximate surface area is 124 Å². The predicted molar refractivity (Wildman–Crippen MR) is 78.1 cm³/mol. The Morgan fingerprint density at radius 2 is 2.19 bits per heavy atom. The Bertz CT molecular complexity index is 494. The van der Waals surface area contributed by atoms with E-state index in [1.54, 1.807) is 12.1 Å². The first-order chi connectivity index (χ1) is 10.2. The average Bonchev–Trinajstić information content (AvgIpc) is 3.10. The van der Waals surface area contributed by atoms with E-state index in [2.05, 4.69) is 12.2 Å². The molecule has 4 atom stereocenters. The molecule has 2 saturated heterocycles. The van der Waals surface area contributed by atoms with E-state index in [1.165, 1.54) is 6.07 Å². The molecule has 2 bridgehead atoms. The zero-order valence-corrected chi connectivity index (χ0v) is 12.4. The van der Waals surface area contributed by atoms with Gasteiger partial charge in [-0.05, 0) is 50.3 Å². The van der Waals surface area contributed by atoms with Gasteiger partial charge in [0.05, 0.1) is 12.2 Å². The molecule has 2 aliphatic heterocycles. The van der Waals surface area contributed by atoms with Gasteiger partial charge in [-0.25, -0.2) is 8.78 Å². The molecule has 1 aromatic rings. The molecule has 4 unspecified atom stereocenters. The largest absolute Gasteiger partial charge is 0.375 e. The number of rotatable bonds is 6. The van der Waals surface area contributed by atoms with Gasteiger partial charge in [0.25, 0.3) is 0 Å². The van der Waals surface area contributed by atoms with Gasteiger partial charge >= 0.3 is 0 Å². The van der Waals surface area contributed by atoms with Crippen LogP contribution in [0, 0.1) is 17.6 Å². The van der Waals surface area contributed by atoms with E-state index in [1.807, 2.05) is 0 Å². The van der Waals surface area contributed by atoms with Crippen LogP contribution in [0.4, 0.5) is 8.78 Å². The second kappa shape index (κ2) is 6.41. The number of halogens is 2. The van der Waals surface area contributed by atoms with Crippen molar-refractivity contribution in [1.29, 1.82) is 0 Å². The summed E-state index contributed by atoms with van der Waals surface area (Å²) in [7, 11) is 0. The molecule has 2 fully saturated rings. The Kier molecular flexibility index (Phi) is 4.55. The lowest BCUT2D eigenvalue weighted by Gasteiger charge is -2.29. The molecule has 2 aliphatic rings. The highest BCUT2D eigenvalue weighted by molar-refractivity contribution is 5.20. The van der Waals surface area contributed by atoms with Crippen molar-refractivity contribution in [1.82, 2.24) is 5.32 Å². The van der Waals surface area contributed by atoms with Crippen LogP contribution in [0.15, 0.2) is 18.2 Å². The average molecular weight is 295 g/mol. The van der Waals surface area contributed by atoms with E-state index in [0.29, 0.717) is 30.1 Å². The first-order valence-electron chi connectivity index (χ1n) is 8.00. The van der Waals surface area contributed by atoms with Crippen molar-refractivity contribution in [2.45, 2.75) is 57.3 Å². The summed E-state index contributed by atoms with van der Waals surface area (Å²) in [5.74, 6) is -1.05. The van der Waals surface area contributed by atoms with Crippen LogP contribution in [-0.4, -0.2) is 24.8 Å². The predicted octanol–water partition coefficient (Wildman–Crippen LogP) is 3.44. The summed E-state index contributed by atoms with van der Waals surface area (Å²) in [5.41, 5.74) is 0.464. The summed E-state index contributed by atoms with van der Waals surface area (Å²) in [5, 5.41) is 3.52. The molecule has 1 N–H and O–H groups in total. The molecule has 0 spiro atoms. The van der Waals surface area contributed by atoms with Gasteiger partial charge in [-0.2, -0.15) is 0 Å². The Morgan fingerprint density at radius 1 is 1.33 bits per heavy atom. The van der Waals surface area contributed by atoms with Crippen molar-refractivity contribution in [3.8, 4) is 0 Å². The number of benzene rings is 1. The SMILES string of the molecule is CCCNC(Cc1cccc(F)c1F)C1CC2CCC1O2. The lowest BCUT2D eigenvalue weighted by molar-refractivity contribution is 0.0856. The highest BCUT2D eigenvalue weighted by Gasteiger charge is 2.44. The summed E-state index contributed by atoms with van der Waals surface area (Å²) in [6.07, 6.45) is 5.53. The van der Waals surface area contributed by atoms with E-state index in [0.717, 1.165) is 32.2 Å². The van der Waals surface area contributed by atoms with E-state index in [4.69, 9.17) is 4.74 Å². The summed E-state index contributed by atoms with van der Waals surface area (Å²) in [6, 6.07) is 4.61. The van der Waals surface area contributed by atoms with Crippen LogP contribution in [0.25, 0.3) is 0 Å². The zero-order chi connectivity index (χ0) is 14.8. The fraction of sp³-hybridized carbons (Fsp3) is 0.647. The van der Waals surface area contributed by atoms with E-state index in [-0.39, 0.29) is 6.04 Å². The molecule has 21 heavy (non-hydrogen) atoms. The van der Waals surface area contributed by atoms with Gasteiger partial charge in [0.1, 0.15) is 0 Å². The Morgan fingerprint density at radius 3 is 2.86 bits per heavy atom. The van der Waals surface area contributed by atoms with E-state index in [9.17, 15) is 8.78 Å². The number of hydrogen-bond acceptors (Lipinski definition) is 2. The number of fused-ring (bicyclic) bond motifs is 2. The van der Waals surface area contributed by atoms with Crippen molar-refractivity contribution in [2.24, 2.45) is 5.92 Å². The van der Waals surface area contributed by atoms with Crippen molar-refractivity contribution in [3.05, 3.63) is 35.4 Å². The third-order valence-electron chi connectivity index (χ3n) is 4.80. The summed E-state index contributed by atoms with van der Waals surface area (Å²) in [6.45, 7) is 3.01. The molecule has 3 rings (SSSR count). The van der Waals surface area contributed by atoms with Crippen LogP contribution < -0.4 is 5.32 Å². The first-order valence-corrected chi connectivity index (χ1v) is 8.00. The van der Waals surface area contributed by atoms with Crippen LogP contribution in [0.1, 0.15) is 38.2 Å². The lowest BCUT2D eigenvalue weighted by atomic mass is 9.81. The minimum atomic E-state index is -0.758. The summed E-state index contributed by atoms with van der Waals surface area (Å²) >= 11 is 0. The minimum Gasteiger partial charge on any atom is -0.375 e. The molecular weight excluding hydrogens is 272 g/mol.